The van der Waals surface area contributed by atoms with Crippen LogP contribution < -0.4 is 10.6 Å². The third-order valence-corrected chi connectivity index (χ3v) is 4.21. The summed E-state index contributed by atoms with van der Waals surface area (Å²) in [5, 5.41) is 6.76. The lowest BCUT2D eigenvalue weighted by Crippen LogP contribution is -2.41. The monoisotopic (exact) mass is 470 g/mol. The number of benzene rings is 1. The van der Waals surface area contributed by atoms with Crippen molar-refractivity contribution >= 4 is 29.9 Å². The lowest BCUT2D eigenvalue weighted by atomic mass is 10.1. The van der Waals surface area contributed by atoms with Gasteiger partial charge in [-0.1, -0.05) is 31.2 Å². The topological polar surface area (TPSA) is 52.8 Å². The molecule has 26 heavy (non-hydrogen) atoms. The second-order valence-electron chi connectivity index (χ2n) is 6.19. The van der Waals surface area contributed by atoms with Gasteiger partial charge in [-0.2, -0.15) is 0 Å². The van der Waals surface area contributed by atoms with Crippen molar-refractivity contribution in [2.75, 3.05) is 27.2 Å². The predicted molar refractivity (Wildman–Crippen MR) is 119 cm³/mol. The first-order valence-corrected chi connectivity index (χ1v) is 8.94. The molecular formula is C20H31IN4O. The highest BCUT2D eigenvalue weighted by Crippen LogP contribution is 2.17. The third kappa shape index (κ3) is 6.64. The fourth-order valence-electron chi connectivity index (χ4n) is 2.77. The number of hydrogen-bond donors (Lipinski definition) is 2. The van der Waals surface area contributed by atoms with Crippen LogP contribution in [0.15, 0.2) is 52.1 Å². The number of aliphatic imine (C=N–C) groups is 1. The molecular weight excluding hydrogens is 439 g/mol. The number of guanidine groups is 1. The van der Waals surface area contributed by atoms with Gasteiger partial charge >= 0.3 is 0 Å². The number of nitrogens with zero attached hydrogens (tertiary/aromatic N) is 2. The van der Waals surface area contributed by atoms with E-state index in [1.807, 2.05) is 12.1 Å². The number of hydrogen-bond acceptors (Lipinski definition) is 3. The zero-order valence-electron chi connectivity index (χ0n) is 16.2. The van der Waals surface area contributed by atoms with E-state index in [2.05, 4.69) is 67.7 Å². The van der Waals surface area contributed by atoms with Crippen molar-refractivity contribution in [3.8, 4) is 0 Å². The summed E-state index contributed by atoms with van der Waals surface area (Å²) in [5.74, 6) is 1.77. The molecule has 0 aliphatic carbocycles. The minimum absolute atomic E-state index is 0. The minimum Gasteiger partial charge on any atom is -0.468 e. The van der Waals surface area contributed by atoms with Gasteiger partial charge in [-0.25, -0.2) is 4.99 Å². The second kappa shape index (κ2) is 12.0. The normalized spacial score (nSPS) is 12.6. The molecule has 0 saturated heterocycles. The average molecular weight is 470 g/mol. The summed E-state index contributed by atoms with van der Waals surface area (Å²) in [7, 11) is 4.10. The van der Waals surface area contributed by atoms with E-state index in [-0.39, 0.29) is 30.0 Å². The van der Waals surface area contributed by atoms with Crippen molar-refractivity contribution in [3.05, 3.63) is 59.5 Å². The van der Waals surface area contributed by atoms with Gasteiger partial charge in [0.25, 0.3) is 0 Å². The highest BCUT2D eigenvalue weighted by molar-refractivity contribution is 14.0. The van der Waals surface area contributed by atoms with Crippen molar-refractivity contribution in [1.29, 1.82) is 0 Å². The van der Waals surface area contributed by atoms with Gasteiger partial charge in [0.2, 0.25) is 0 Å². The SMILES string of the molecule is CCNC(=NCc1ccccc1CC)NCC(c1ccco1)N(C)C.I. The molecule has 2 N–H and O–H groups in total. The van der Waals surface area contributed by atoms with Crippen LogP contribution in [0.5, 0.6) is 0 Å². The van der Waals surface area contributed by atoms with Crippen LogP contribution in [0.25, 0.3) is 0 Å². The van der Waals surface area contributed by atoms with Crippen molar-refractivity contribution in [1.82, 2.24) is 15.5 Å². The summed E-state index contributed by atoms with van der Waals surface area (Å²) in [4.78, 5) is 6.89. The summed E-state index contributed by atoms with van der Waals surface area (Å²) >= 11 is 0. The highest BCUT2D eigenvalue weighted by atomic mass is 127. The van der Waals surface area contributed by atoms with Crippen molar-refractivity contribution in [2.24, 2.45) is 4.99 Å². The van der Waals surface area contributed by atoms with Gasteiger partial charge in [-0.3, -0.25) is 4.90 Å². The lowest BCUT2D eigenvalue weighted by molar-refractivity contribution is 0.258. The van der Waals surface area contributed by atoms with E-state index in [9.17, 15) is 0 Å². The van der Waals surface area contributed by atoms with Gasteiger partial charge in [0.15, 0.2) is 5.96 Å². The zero-order valence-corrected chi connectivity index (χ0v) is 18.5. The Morgan fingerprint density at radius 2 is 1.81 bits per heavy atom. The fourth-order valence-corrected chi connectivity index (χ4v) is 2.77. The van der Waals surface area contributed by atoms with Gasteiger partial charge in [-0.05, 0) is 50.7 Å². The molecule has 6 heteroatoms. The largest absolute Gasteiger partial charge is 0.468 e. The lowest BCUT2D eigenvalue weighted by Gasteiger charge is -2.23. The van der Waals surface area contributed by atoms with Crippen molar-refractivity contribution in [2.45, 2.75) is 32.9 Å². The highest BCUT2D eigenvalue weighted by Gasteiger charge is 2.17. The second-order valence-corrected chi connectivity index (χ2v) is 6.19. The molecule has 5 nitrogen and oxygen atoms in total. The Bertz CT molecular complexity index is 656. The molecule has 2 rings (SSSR count). The summed E-state index contributed by atoms with van der Waals surface area (Å²) in [5.41, 5.74) is 2.63. The van der Waals surface area contributed by atoms with Gasteiger partial charge in [0.1, 0.15) is 5.76 Å². The Morgan fingerprint density at radius 1 is 1.08 bits per heavy atom. The van der Waals surface area contributed by atoms with E-state index in [4.69, 9.17) is 9.41 Å². The number of nitrogens with one attached hydrogen (secondary N) is 2. The molecule has 0 bridgehead atoms. The molecule has 1 heterocycles. The maximum absolute atomic E-state index is 5.57. The quantitative estimate of drug-likeness (QED) is 0.350. The first kappa shape index (κ1) is 22.5. The molecule has 1 aromatic heterocycles. The van der Waals surface area contributed by atoms with E-state index in [1.165, 1.54) is 11.1 Å². The molecule has 1 atom stereocenters. The summed E-state index contributed by atoms with van der Waals surface area (Å²) in [6.07, 6.45) is 2.74. The third-order valence-electron chi connectivity index (χ3n) is 4.21. The van der Waals surface area contributed by atoms with E-state index in [0.29, 0.717) is 6.54 Å². The molecule has 0 spiro atoms. The molecule has 0 aliphatic rings. The van der Waals surface area contributed by atoms with Gasteiger partial charge in [0.05, 0.1) is 18.8 Å². The van der Waals surface area contributed by atoms with Gasteiger partial charge < -0.3 is 15.1 Å². The zero-order chi connectivity index (χ0) is 18.1. The molecule has 1 unspecified atom stereocenters. The minimum atomic E-state index is 0. The molecule has 0 fully saturated rings. The molecule has 0 saturated carbocycles. The van der Waals surface area contributed by atoms with Gasteiger partial charge in [0, 0.05) is 13.1 Å². The summed E-state index contributed by atoms with van der Waals surface area (Å²) in [6.45, 7) is 6.48. The molecule has 1 aromatic carbocycles. The molecule has 144 valence electrons. The Kier molecular flexibility index (Phi) is 10.3. The summed E-state index contributed by atoms with van der Waals surface area (Å²) < 4.78 is 5.57. The maximum atomic E-state index is 5.57. The van der Waals surface area contributed by atoms with Crippen LogP contribution in [0.2, 0.25) is 0 Å². The molecule has 2 aromatic rings. The fraction of sp³-hybridized carbons (Fsp3) is 0.450. The van der Waals surface area contributed by atoms with Crippen molar-refractivity contribution in [3.63, 3.8) is 0 Å². The van der Waals surface area contributed by atoms with Crippen molar-refractivity contribution < 1.29 is 4.42 Å². The smallest absolute Gasteiger partial charge is 0.191 e. The number of likely N-dealkylation sites (N-methyl/N-ethyl adjacent to an activating group) is 1. The van der Waals surface area contributed by atoms with Gasteiger partial charge in [-0.15, -0.1) is 24.0 Å². The average Bonchev–Trinajstić information content (AvgIpc) is 3.14. The van der Waals surface area contributed by atoms with Crippen LogP contribution in [-0.2, 0) is 13.0 Å². The number of rotatable bonds is 8. The summed E-state index contributed by atoms with van der Waals surface area (Å²) in [6, 6.07) is 12.6. The van der Waals surface area contributed by atoms with E-state index < -0.39 is 0 Å². The van der Waals surface area contributed by atoms with Crippen LogP contribution in [-0.4, -0.2) is 38.0 Å². The van der Waals surface area contributed by atoms with Crippen LogP contribution >= 0.6 is 24.0 Å². The number of furan rings is 1. The van der Waals surface area contributed by atoms with Crippen LogP contribution in [0, 0.1) is 0 Å². The Hall–Kier alpha value is -1.54. The maximum Gasteiger partial charge on any atom is 0.191 e. The first-order chi connectivity index (χ1) is 12.2. The molecule has 0 radical (unpaired) electrons. The Morgan fingerprint density at radius 3 is 2.38 bits per heavy atom. The van der Waals surface area contributed by atoms with E-state index in [0.717, 1.165) is 31.2 Å². The Balaban J connectivity index is 0.00000338. The Labute approximate surface area is 174 Å². The molecule has 0 aliphatic heterocycles. The number of halogens is 1. The van der Waals surface area contributed by atoms with Crippen LogP contribution in [0.3, 0.4) is 0 Å². The van der Waals surface area contributed by atoms with Crippen LogP contribution in [0.1, 0.15) is 36.8 Å². The molecule has 0 amide bonds. The number of aryl methyl sites for hydroxylation is 1. The standard InChI is InChI=1S/C20H30N4O.HI/c1-5-16-10-7-8-11-17(16)14-22-20(21-6-2)23-15-18(24(3)4)19-12-9-13-25-19;/h7-13,18H,5-6,14-15H2,1-4H3,(H2,21,22,23);1H. The predicted octanol–water partition coefficient (Wildman–Crippen LogP) is 3.82. The van der Waals surface area contributed by atoms with E-state index in [1.54, 1.807) is 6.26 Å². The van der Waals surface area contributed by atoms with Crippen LogP contribution in [0.4, 0.5) is 0 Å². The van der Waals surface area contributed by atoms with E-state index >= 15 is 0 Å². The first-order valence-electron chi connectivity index (χ1n) is 8.94.